The van der Waals surface area contributed by atoms with Crippen molar-refractivity contribution >= 4 is 33.4 Å². The Morgan fingerprint density at radius 1 is 1.21 bits per heavy atom. The highest BCUT2D eigenvalue weighted by Crippen LogP contribution is 2.29. The Kier molecular flexibility index (Phi) is 5.10. The second-order valence-corrected chi connectivity index (χ2v) is 5.81. The van der Waals surface area contributed by atoms with Crippen molar-refractivity contribution in [2.24, 2.45) is 0 Å². The normalized spacial score (nSPS) is 10.4. The van der Waals surface area contributed by atoms with Gasteiger partial charge < -0.3 is 10.5 Å². The molecule has 0 aliphatic heterocycles. The third kappa shape index (κ3) is 4.14. The zero-order valence-corrected chi connectivity index (χ0v) is 12.5. The Hall–Kier alpha value is -1.20. The van der Waals surface area contributed by atoms with Crippen LogP contribution in [0.5, 0.6) is 5.75 Å². The topological polar surface area (TPSA) is 35.2 Å². The van der Waals surface area contributed by atoms with Crippen LogP contribution in [0.4, 0.5) is 10.1 Å². The Balaban J connectivity index is 1.83. The molecule has 0 spiro atoms. The lowest BCUT2D eigenvalue weighted by Gasteiger charge is -2.08. The molecule has 5 heteroatoms. The number of halogens is 2. The lowest BCUT2D eigenvalue weighted by atomic mass is 10.3. The number of ether oxygens (including phenoxy) is 1. The number of para-hydroxylation sites is 1. The highest BCUT2D eigenvalue weighted by Gasteiger charge is 2.03. The molecule has 0 unspecified atom stereocenters. The van der Waals surface area contributed by atoms with E-state index >= 15 is 0 Å². The molecule has 0 fully saturated rings. The fraction of sp³-hybridized carbons (Fsp3) is 0.143. The van der Waals surface area contributed by atoms with Gasteiger partial charge in [0.1, 0.15) is 0 Å². The molecular weight excluding hydrogens is 329 g/mol. The molecule has 0 aromatic heterocycles. The summed E-state index contributed by atoms with van der Waals surface area (Å²) in [6.07, 6.45) is 0. The SMILES string of the molecule is Nc1ccc(SCCOc2ccccc2F)c(Br)c1. The van der Waals surface area contributed by atoms with Crippen LogP contribution in [0, 0.1) is 5.82 Å². The smallest absolute Gasteiger partial charge is 0.165 e. The minimum absolute atomic E-state index is 0.291. The first-order valence-corrected chi connectivity index (χ1v) is 7.50. The summed E-state index contributed by atoms with van der Waals surface area (Å²) in [5, 5.41) is 0. The number of hydrogen-bond donors (Lipinski definition) is 1. The van der Waals surface area contributed by atoms with E-state index in [1.54, 1.807) is 30.0 Å². The Bertz CT molecular complexity index is 565. The van der Waals surface area contributed by atoms with Gasteiger partial charge in [-0.05, 0) is 46.3 Å². The van der Waals surface area contributed by atoms with Crippen LogP contribution in [0.3, 0.4) is 0 Å². The number of benzene rings is 2. The third-order valence-electron chi connectivity index (χ3n) is 2.39. The van der Waals surface area contributed by atoms with Crippen LogP contribution in [-0.2, 0) is 0 Å². The number of hydrogen-bond acceptors (Lipinski definition) is 3. The van der Waals surface area contributed by atoms with E-state index in [-0.39, 0.29) is 5.82 Å². The van der Waals surface area contributed by atoms with Crippen molar-refractivity contribution in [2.45, 2.75) is 4.90 Å². The summed E-state index contributed by atoms with van der Waals surface area (Å²) in [7, 11) is 0. The van der Waals surface area contributed by atoms with E-state index in [9.17, 15) is 4.39 Å². The molecular formula is C14H13BrFNOS. The van der Waals surface area contributed by atoms with E-state index in [4.69, 9.17) is 10.5 Å². The second kappa shape index (κ2) is 6.82. The van der Waals surface area contributed by atoms with Gasteiger partial charge in [-0.15, -0.1) is 11.8 Å². The molecule has 0 aliphatic rings. The standard InChI is InChI=1S/C14H13BrFNOS/c15-11-9-10(17)5-6-14(11)19-8-7-18-13-4-2-1-3-12(13)16/h1-6,9H,7-8,17H2. The average Bonchev–Trinajstić information content (AvgIpc) is 2.38. The minimum atomic E-state index is -0.332. The molecule has 0 amide bonds. The molecule has 2 nitrogen and oxygen atoms in total. The first-order chi connectivity index (χ1) is 9.16. The Labute approximate surface area is 124 Å². The highest BCUT2D eigenvalue weighted by atomic mass is 79.9. The quantitative estimate of drug-likeness (QED) is 0.499. The van der Waals surface area contributed by atoms with E-state index in [0.29, 0.717) is 12.4 Å². The fourth-order valence-electron chi connectivity index (χ4n) is 1.50. The van der Waals surface area contributed by atoms with Gasteiger partial charge in [-0.1, -0.05) is 12.1 Å². The van der Waals surface area contributed by atoms with Gasteiger partial charge in [0, 0.05) is 20.8 Å². The van der Waals surface area contributed by atoms with Crippen molar-refractivity contribution in [1.82, 2.24) is 0 Å². The molecule has 0 saturated heterocycles. The van der Waals surface area contributed by atoms with E-state index in [0.717, 1.165) is 20.8 Å². The Morgan fingerprint density at radius 3 is 2.74 bits per heavy atom. The number of nitrogen functional groups attached to an aromatic ring is 1. The van der Waals surface area contributed by atoms with Crippen molar-refractivity contribution in [2.75, 3.05) is 18.1 Å². The summed E-state index contributed by atoms with van der Waals surface area (Å²) in [5.41, 5.74) is 6.39. The van der Waals surface area contributed by atoms with Crippen LogP contribution in [-0.4, -0.2) is 12.4 Å². The predicted molar refractivity (Wildman–Crippen MR) is 81.2 cm³/mol. The maximum absolute atomic E-state index is 13.3. The largest absolute Gasteiger partial charge is 0.490 e. The van der Waals surface area contributed by atoms with Crippen LogP contribution < -0.4 is 10.5 Å². The third-order valence-corrected chi connectivity index (χ3v) is 4.35. The lowest BCUT2D eigenvalue weighted by Crippen LogP contribution is -2.01. The van der Waals surface area contributed by atoms with Crippen molar-refractivity contribution in [1.29, 1.82) is 0 Å². The molecule has 0 atom stereocenters. The minimum Gasteiger partial charge on any atom is -0.490 e. The van der Waals surface area contributed by atoms with Crippen LogP contribution in [0.25, 0.3) is 0 Å². The summed E-state index contributed by atoms with van der Waals surface area (Å²) in [4.78, 5) is 1.09. The summed E-state index contributed by atoms with van der Waals surface area (Å²) >= 11 is 5.09. The maximum atomic E-state index is 13.3. The van der Waals surface area contributed by atoms with Crippen molar-refractivity contribution in [3.8, 4) is 5.75 Å². The zero-order chi connectivity index (χ0) is 13.7. The van der Waals surface area contributed by atoms with Crippen molar-refractivity contribution < 1.29 is 9.13 Å². The van der Waals surface area contributed by atoms with Crippen LogP contribution in [0.1, 0.15) is 0 Å². The molecule has 0 heterocycles. The molecule has 2 aromatic carbocycles. The average molecular weight is 342 g/mol. The molecule has 0 saturated carbocycles. The lowest BCUT2D eigenvalue weighted by molar-refractivity contribution is 0.325. The van der Waals surface area contributed by atoms with Gasteiger partial charge in [0.2, 0.25) is 0 Å². The Morgan fingerprint density at radius 2 is 2.00 bits per heavy atom. The number of rotatable bonds is 5. The van der Waals surface area contributed by atoms with Gasteiger partial charge in [-0.3, -0.25) is 0 Å². The van der Waals surface area contributed by atoms with Gasteiger partial charge in [0.05, 0.1) is 6.61 Å². The van der Waals surface area contributed by atoms with Crippen LogP contribution in [0.15, 0.2) is 51.8 Å². The summed E-state index contributed by atoms with van der Waals surface area (Å²) in [5.74, 6) is 0.692. The summed E-state index contributed by atoms with van der Waals surface area (Å²) < 4.78 is 19.6. The summed E-state index contributed by atoms with van der Waals surface area (Å²) in [6.45, 7) is 0.447. The first kappa shape index (κ1) is 14.2. The van der Waals surface area contributed by atoms with Gasteiger partial charge in [-0.2, -0.15) is 0 Å². The van der Waals surface area contributed by atoms with E-state index in [1.807, 2.05) is 18.2 Å². The molecule has 2 aromatic rings. The van der Waals surface area contributed by atoms with Crippen LogP contribution in [0.2, 0.25) is 0 Å². The van der Waals surface area contributed by atoms with Crippen molar-refractivity contribution in [3.05, 3.63) is 52.8 Å². The van der Waals surface area contributed by atoms with Crippen molar-refractivity contribution in [3.63, 3.8) is 0 Å². The second-order valence-electron chi connectivity index (χ2n) is 3.82. The van der Waals surface area contributed by atoms with E-state index < -0.39 is 0 Å². The molecule has 2 rings (SSSR count). The predicted octanol–water partition coefficient (Wildman–Crippen LogP) is 4.34. The maximum Gasteiger partial charge on any atom is 0.165 e. The van der Waals surface area contributed by atoms with Crippen LogP contribution >= 0.6 is 27.7 Å². The van der Waals surface area contributed by atoms with E-state index in [2.05, 4.69) is 15.9 Å². The molecule has 0 bridgehead atoms. The summed E-state index contributed by atoms with van der Waals surface area (Å²) in [6, 6.07) is 12.1. The highest BCUT2D eigenvalue weighted by molar-refractivity contribution is 9.10. The number of nitrogens with two attached hydrogens (primary N) is 1. The van der Waals surface area contributed by atoms with Gasteiger partial charge in [-0.25, -0.2) is 4.39 Å². The molecule has 0 aliphatic carbocycles. The number of anilines is 1. The monoisotopic (exact) mass is 341 g/mol. The molecule has 100 valence electrons. The number of thioether (sulfide) groups is 1. The fourth-order valence-corrected chi connectivity index (χ4v) is 2.99. The van der Waals surface area contributed by atoms with Gasteiger partial charge >= 0.3 is 0 Å². The van der Waals surface area contributed by atoms with Gasteiger partial charge in [0.15, 0.2) is 11.6 Å². The first-order valence-electron chi connectivity index (χ1n) is 5.72. The van der Waals surface area contributed by atoms with Gasteiger partial charge in [0.25, 0.3) is 0 Å². The molecule has 0 radical (unpaired) electrons. The molecule has 19 heavy (non-hydrogen) atoms. The van der Waals surface area contributed by atoms with E-state index in [1.165, 1.54) is 6.07 Å². The zero-order valence-electron chi connectivity index (χ0n) is 10.1. The molecule has 2 N–H and O–H groups in total.